The zero-order chi connectivity index (χ0) is 23.7. The zero-order valence-corrected chi connectivity index (χ0v) is 19.4. The van der Waals surface area contributed by atoms with Crippen LogP contribution in [0.25, 0.3) is 22.2 Å². The predicted molar refractivity (Wildman–Crippen MR) is 131 cm³/mol. The Morgan fingerprint density at radius 3 is 2.62 bits per heavy atom. The summed E-state index contributed by atoms with van der Waals surface area (Å²) in [6, 6.07) is 12.1. The van der Waals surface area contributed by atoms with Crippen molar-refractivity contribution in [3.63, 3.8) is 0 Å². The first-order valence-corrected chi connectivity index (χ1v) is 11.3. The third-order valence-corrected chi connectivity index (χ3v) is 6.39. The Kier molecular flexibility index (Phi) is 6.08. The van der Waals surface area contributed by atoms with Crippen LogP contribution in [0.2, 0.25) is 5.15 Å². The van der Waals surface area contributed by atoms with E-state index < -0.39 is 11.8 Å². The average molecular weight is 475 g/mol. The fourth-order valence-electron chi connectivity index (χ4n) is 4.35. The number of carbonyl (C=O) groups excluding carboxylic acids is 1. The highest BCUT2D eigenvalue weighted by molar-refractivity contribution is 6.30. The second-order valence-corrected chi connectivity index (χ2v) is 8.52. The molecular weight excluding hydrogens is 452 g/mol. The van der Waals surface area contributed by atoms with Crippen molar-refractivity contribution in [2.24, 2.45) is 5.73 Å². The first kappa shape index (κ1) is 22.2. The Morgan fingerprint density at radius 2 is 1.85 bits per heavy atom. The van der Waals surface area contributed by atoms with Gasteiger partial charge < -0.3 is 15.4 Å². The summed E-state index contributed by atoms with van der Waals surface area (Å²) in [5.41, 5.74) is 11.3. The lowest BCUT2D eigenvalue weighted by Gasteiger charge is -2.29. The molecule has 2 aromatic carbocycles. The lowest BCUT2D eigenvalue weighted by atomic mass is 9.89. The summed E-state index contributed by atoms with van der Waals surface area (Å²) >= 11 is 6.27. The van der Waals surface area contributed by atoms with Gasteiger partial charge in [-0.1, -0.05) is 23.7 Å². The summed E-state index contributed by atoms with van der Waals surface area (Å²) in [6.45, 7) is 5.06. The van der Waals surface area contributed by atoms with Crippen LogP contribution in [0.5, 0.6) is 0 Å². The zero-order valence-electron chi connectivity index (χ0n) is 18.6. The van der Waals surface area contributed by atoms with Crippen LogP contribution in [0.1, 0.15) is 22.7 Å². The minimum Gasteiger partial charge on any atom is -0.378 e. The molecule has 0 saturated carbocycles. The highest BCUT2D eigenvalue weighted by atomic mass is 35.5. The van der Waals surface area contributed by atoms with Crippen LogP contribution < -0.4 is 10.6 Å². The fourth-order valence-corrected chi connectivity index (χ4v) is 4.57. The summed E-state index contributed by atoms with van der Waals surface area (Å²) in [5.74, 6) is -1.38. The third kappa shape index (κ3) is 4.18. The van der Waals surface area contributed by atoms with E-state index >= 15 is 0 Å². The Hall–Kier alpha value is -3.62. The molecule has 1 aliphatic heterocycles. The highest BCUT2D eigenvalue weighted by Gasteiger charge is 2.27. The predicted octanol–water partition coefficient (Wildman–Crippen LogP) is 3.50. The van der Waals surface area contributed by atoms with Crippen molar-refractivity contribution in [1.29, 1.82) is 0 Å². The lowest BCUT2D eigenvalue weighted by Crippen LogP contribution is -2.36. The molecule has 2 aromatic heterocycles. The number of primary amides is 1. The molecule has 0 bridgehead atoms. The van der Waals surface area contributed by atoms with Gasteiger partial charge in [0.25, 0.3) is 0 Å². The maximum absolute atomic E-state index is 12.5. The van der Waals surface area contributed by atoms with Crippen molar-refractivity contribution >= 4 is 34.1 Å². The SMILES string of the molecule is Cc1ccc(-c2ncnc3cc(N4CCOCC4)ccc23)cc1C(C(N)=O)c1nccnc1Cl. The number of anilines is 1. The fraction of sp³-hybridized carbons (Fsp3) is 0.240. The van der Waals surface area contributed by atoms with Crippen LogP contribution in [0.4, 0.5) is 5.69 Å². The first-order chi connectivity index (χ1) is 16.5. The number of amides is 1. The summed E-state index contributed by atoms with van der Waals surface area (Å²) in [6.07, 6.45) is 4.54. The van der Waals surface area contributed by atoms with Gasteiger partial charge in [0.05, 0.1) is 30.1 Å². The van der Waals surface area contributed by atoms with Gasteiger partial charge in [0.1, 0.15) is 12.2 Å². The van der Waals surface area contributed by atoms with Crippen LogP contribution in [0.3, 0.4) is 0 Å². The lowest BCUT2D eigenvalue weighted by molar-refractivity contribution is -0.118. The molecule has 2 N–H and O–H groups in total. The largest absolute Gasteiger partial charge is 0.378 e. The maximum atomic E-state index is 12.5. The minimum absolute atomic E-state index is 0.152. The van der Waals surface area contributed by atoms with Crippen LogP contribution >= 0.6 is 11.6 Å². The number of ether oxygens (including phenoxy) is 1. The van der Waals surface area contributed by atoms with Gasteiger partial charge in [-0.2, -0.15) is 0 Å². The van der Waals surface area contributed by atoms with Crippen LogP contribution in [0.15, 0.2) is 55.1 Å². The Bertz CT molecular complexity index is 1370. The maximum Gasteiger partial charge on any atom is 0.231 e. The molecule has 1 unspecified atom stereocenters. The number of nitrogens with two attached hydrogens (primary N) is 1. The number of fused-ring (bicyclic) bond motifs is 1. The van der Waals surface area contributed by atoms with Crippen LogP contribution in [-0.2, 0) is 9.53 Å². The Balaban J connectivity index is 1.59. The number of aromatic nitrogens is 4. The number of aryl methyl sites for hydroxylation is 1. The van der Waals surface area contributed by atoms with E-state index in [2.05, 4.69) is 37.0 Å². The van der Waals surface area contributed by atoms with Crippen molar-refractivity contribution in [3.8, 4) is 11.3 Å². The van der Waals surface area contributed by atoms with Gasteiger partial charge in [-0.25, -0.2) is 15.0 Å². The van der Waals surface area contributed by atoms with E-state index in [1.54, 1.807) is 6.33 Å². The summed E-state index contributed by atoms with van der Waals surface area (Å²) in [7, 11) is 0. The Morgan fingerprint density at radius 1 is 1.06 bits per heavy atom. The van der Waals surface area contributed by atoms with Gasteiger partial charge in [-0.15, -0.1) is 0 Å². The molecule has 1 aliphatic rings. The molecule has 0 radical (unpaired) electrons. The molecule has 1 amide bonds. The molecule has 1 fully saturated rings. The minimum atomic E-state index is -0.831. The summed E-state index contributed by atoms with van der Waals surface area (Å²) in [5, 5.41) is 1.07. The molecule has 8 nitrogen and oxygen atoms in total. The van der Waals surface area contributed by atoms with Crippen molar-refractivity contribution in [1.82, 2.24) is 19.9 Å². The van der Waals surface area contributed by atoms with Crippen LogP contribution in [0, 0.1) is 6.92 Å². The second-order valence-electron chi connectivity index (χ2n) is 8.16. The molecule has 5 rings (SSSR count). The van der Waals surface area contributed by atoms with E-state index in [4.69, 9.17) is 22.1 Å². The molecule has 1 saturated heterocycles. The van der Waals surface area contributed by atoms with Gasteiger partial charge >= 0.3 is 0 Å². The highest BCUT2D eigenvalue weighted by Crippen LogP contribution is 2.34. The topological polar surface area (TPSA) is 107 Å². The molecule has 0 aliphatic carbocycles. The van der Waals surface area contributed by atoms with E-state index in [0.717, 1.165) is 59.7 Å². The standard InChI is InChI=1S/C25H23ClN6O2/c1-15-2-3-16(12-19(15)21(25(27)33)23-24(26)29-7-6-28-23)22-18-5-4-17(13-20(18)30-14-31-22)32-8-10-34-11-9-32/h2-7,12-14,21H,8-11H2,1H3,(H2,27,33). The number of benzene rings is 2. The average Bonchev–Trinajstić information content (AvgIpc) is 2.86. The third-order valence-electron chi connectivity index (χ3n) is 6.10. The van der Waals surface area contributed by atoms with E-state index in [0.29, 0.717) is 11.3 Å². The van der Waals surface area contributed by atoms with Crippen molar-refractivity contribution in [2.45, 2.75) is 12.8 Å². The molecule has 4 aromatic rings. The van der Waals surface area contributed by atoms with Crippen molar-refractivity contribution < 1.29 is 9.53 Å². The van der Waals surface area contributed by atoms with Crippen molar-refractivity contribution in [2.75, 3.05) is 31.2 Å². The van der Waals surface area contributed by atoms with Gasteiger partial charge in [0.15, 0.2) is 5.15 Å². The van der Waals surface area contributed by atoms with Crippen LogP contribution in [-0.4, -0.2) is 52.1 Å². The monoisotopic (exact) mass is 474 g/mol. The number of rotatable bonds is 5. The van der Waals surface area contributed by atoms with E-state index in [1.165, 1.54) is 12.4 Å². The Labute approximate surface area is 201 Å². The van der Waals surface area contributed by atoms with E-state index in [9.17, 15) is 4.79 Å². The van der Waals surface area contributed by atoms with Gasteiger partial charge in [-0.05, 0) is 42.3 Å². The number of morpholine rings is 1. The normalized spacial score (nSPS) is 14.8. The van der Waals surface area contributed by atoms with Gasteiger partial charge in [-0.3, -0.25) is 9.78 Å². The quantitative estimate of drug-likeness (QED) is 0.471. The number of halogens is 1. The molecule has 1 atom stereocenters. The number of nitrogens with zero attached hydrogens (tertiary/aromatic N) is 5. The number of hydrogen-bond donors (Lipinski definition) is 1. The van der Waals surface area contributed by atoms with E-state index in [1.807, 2.05) is 31.2 Å². The first-order valence-electron chi connectivity index (χ1n) is 11.0. The van der Waals surface area contributed by atoms with Gasteiger partial charge in [0.2, 0.25) is 5.91 Å². The molecule has 3 heterocycles. The van der Waals surface area contributed by atoms with Crippen molar-refractivity contribution in [3.05, 3.63) is 77.1 Å². The molecule has 0 spiro atoms. The second kappa shape index (κ2) is 9.32. The smallest absolute Gasteiger partial charge is 0.231 e. The molecule has 34 heavy (non-hydrogen) atoms. The molecule has 172 valence electrons. The number of hydrogen-bond acceptors (Lipinski definition) is 7. The molecular formula is C25H23ClN6O2. The van der Waals surface area contributed by atoms with E-state index in [-0.39, 0.29) is 5.15 Å². The summed E-state index contributed by atoms with van der Waals surface area (Å²) < 4.78 is 5.47. The van der Waals surface area contributed by atoms with Gasteiger partial charge in [0, 0.05) is 42.1 Å². The number of carbonyl (C=O) groups is 1. The summed E-state index contributed by atoms with van der Waals surface area (Å²) in [4.78, 5) is 32.2. The molecule has 9 heteroatoms.